The molecule has 1 aromatic carbocycles. The Labute approximate surface area is 172 Å². The second-order valence-corrected chi connectivity index (χ2v) is 7.28. The maximum Gasteiger partial charge on any atom is 0.414 e. The molecule has 0 saturated heterocycles. The fraction of sp³-hybridized carbons (Fsp3) is 0.143. The SMILES string of the molecule is CNCC(NC(=O)Oc1sccc1Nc1ccnc2[nH]ccc12)c1ccccc1. The van der Waals surface area contributed by atoms with Crippen LogP contribution in [0.4, 0.5) is 16.2 Å². The topological polar surface area (TPSA) is 91.1 Å². The zero-order valence-electron chi connectivity index (χ0n) is 15.8. The average Bonchev–Trinajstić information content (AvgIpc) is 3.38. The third-order valence-corrected chi connectivity index (χ3v) is 5.24. The van der Waals surface area contributed by atoms with Gasteiger partial charge in [0.15, 0.2) is 0 Å². The first-order valence-corrected chi connectivity index (χ1v) is 10.1. The van der Waals surface area contributed by atoms with E-state index < -0.39 is 6.09 Å². The number of aromatic nitrogens is 2. The lowest BCUT2D eigenvalue weighted by atomic mass is 10.1. The van der Waals surface area contributed by atoms with E-state index in [4.69, 9.17) is 4.74 Å². The van der Waals surface area contributed by atoms with Crippen molar-refractivity contribution >= 4 is 39.8 Å². The van der Waals surface area contributed by atoms with Gasteiger partial charge in [-0.25, -0.2) is 9.78 Å². The van der Waals surface area contributed by atoms with Crippen molar-refractivity contribution in [3.05, 3.63) is 71.9 Å². The summed E-state index contributed by atoms with van der Waals surface area (Å²) >= 11 is 1.36. The molecular weight excluding hydrogens is 386 g/mol. The van der Waals surface area contributed by atoms with Crippen LogP contribution in [0.25, 0.3) is 11.0 Å². The third kappa shape index (κ3) is 4.39. The first-order valence-electron chi connectivity index (χ1n) is 9.19. The van der Waals surface area contributed by atoms with E-state index in [0.717, 1.165) is 28.0 Å². The minimum absolute atomic E-state index is 0.190. The molecule has 1 atom stereocenters. The van der Waals surface area contributed by atoms with E-state index in [0.29, 0.717) is 11.6 Å². The first kappa shape index (κ1) is 19.0. The molecule has 0 aliphatic carbocycles. The summed E-state index contributed by atoms with van der Waals surface area (Å²) in [5, 5.41) is 12.7. The molecule has 8 heteroatoms. The van der Waals surface area contributed by atoms with Crippen molar-refractivity contribution in [1.82, 2.24) is 20.6 Å². The van der Waals surface area contributed by atoms with Gasteiger partial charge in [-0.15, -0.1) is 11.3 Å². The van der Waals surface area contributed by atoms with Crippen LogP contribution in [-0.2, 0) is 0 Å². The van der Waals surface area contributed by atoms with Crippen molar-refractivity contribution < 1.29 is 9.53 Å². The summed E-state index contributed by atoms with van der Waals surface area (Å²) in [6.07, 6.45) is 3.07. The standard InChI is InChI=1S/C21H21N5O2S/c1-22-13-18(14-5-3-2-4-6-14)26-21(27)28-20-17(9-12-29-20)25-16-8-11-24-19-15(16)7-10-23-19/h2-12,18,22H,13H2,1H3,(H,26,27)(H2,23,24,25). The van der Waals surface area contributed by atoms with Gasteiger partial charge in [0.1, 0.15) is 5.65 Å². The Kier molecular flexibility index (Phi) is 5.73. The number of carbonyl (C=O) groups excluding carboxylic acids is 1. The summed E-state index contributed by atoms with van der Waals surface area (Å²) in [4.78, 5) is 19.9. The molecule has 4 rings (SSSR count). The minimum atomic E-state index is -0.499. The van der Waals surface area contributed by atoms with Crippen LogP contribution in [-0.4, -0.2) is 29.7 Å². The molecule has 3 aromatic heterocycles. The van der Waals surface area contributed by atoms with Crippen LogP contribution in [0.3, 0.4) is 0 Å². The molecule has 0 aliphatic rings. The van der Waals surface area contributed by atoms with Crippen molar-refractivity contribution in [3.8, 4) is 5.06 Å². The minimum Gasteiger partial charge on any atom is -0.397 e. The fourth-order valence-corrected chi connectivity index (χ4v) is 3.78. The molecule has 0 fully saturated rings. The van der Waals surface area contributed by atoms with Gasteiger partial charge in [-0.2, -0.15) is 0 Å². The van der Waals surface area contributed by atoms with Crippen LogP contribution in [0.1, 0.15) is 11.6 Å². The zero-order valence-corrected chi connectivity index (χ0v) is 16.6. The van der Waals surface area contributed by atoms with Crippen LogP contribution < -0.4 is 20.7 Å². The predicted molar refractivity (Wildman–Crippen MR) is 116 cm³/mol. The molecule has 3 heterocycles. The van der Waals surface area contributed by atoms with Crippen molar-refractivity contribution in [2.75, 3.05) is 18.9 Å². The van der Waals surface area contributed by atoms with Crippen molar-refractivity contribution in [3.63, 3.8) is 0 Å². The number of thiophene rings is 1. The largest absolute Gasteiger partial charge is 0.414 e. The third-order valence-electron chi connectivity index (χ3n) is 4.45. The van der Waals surface area contributed by atoms with E-state index >= 15 is 0 Å². The molecule has 4 aromatic rings. The Hall–Kier alpha value is -3.36. The molecule has 29 heavy (non-hydrogen) atoms. The van der Waals surface area contributed by atoms with E-state index in [9.17, 15) is 4.79 Å². The highest BCUT2D eigenvalue weighted by atomic mass is 32.1. The summed E-state index contributed by atoms with van der Waals surface area (Å²) in [6, 6.07) is 15.3. The lowest BCUT2D eigenvalue weighted by molar-refractivity contribution is 0.197. The molecule has 0 spiro atoms. The number of benzene rings is 1. The quantitative estimate of drug-likeness (QED) is 0.364. The zero-order chi connectivity index (χ0) is 20.1. The van der Waals surface area contributed by atoms with E-state index in [-0.39, 0.29) is 6.04 Å². The molecule has 4 N–H and O–H groups in total. The number of ether oxygens (including phenoxy) is 1. The highest BCUT2D eigenvalue weighted by molar-refractivity contribution is 7.12. The normalized spacial score (nSPS) is 11.9. The molecule has 0 bridgehead atoms. The summed E-state index contributed by atoms with van der Waals surface area (Å²) in [7, 11) is 1.85. The number of hydrogen-bond donors (Lipinski definition) is 4. The summed E-state index contributed by atoms with van der Waals surface area (Å²) < 4.78 is 5.60. The Balaban J connectivity index is 1.47. The van der Waals surface area contributed by atoms with Gasteiger partial charge >= 0.3 is 6.09 Å². The number of amides is 1. The number of carbonyl (C=O) groups is 1. The van der Waals surface area contributed by atoms with E-state index in [1.54, 1.807) is 6.20 Å². The average molecular weight is 407 g/mol. The van der Waals surface area contributed by atoms with Crippen molar-refractivity contribution in [2.24, 2.45) is 0 Å². The van der Waals surface area contributed by atoms with E-state index in [2.05, 4.69) is 25.9 Å². The second kappa shape index (κ2) is 8.76. The Morgan fingerprint density at radius 1 is 1.17 bits per heavy atom. The lowest BCUT2D eigenvalue weighted by Gasteiger charge is -2.18. The van der Waals surface area contributed by atoms with Crippen LogP contribution >= 0.6 is 11.3 Å². The number of anilines is 2. The number of pyridine rings is 1. The first-order chi connectivity index (χ1) is 14.2. The Bertz CT molecular complexity index is 1090. The molecule has 7 nitrogen and oxygen atoms in total. The molecule has 0 aliphatic heterocycles. The number of aromatic amines is 1. The number of likely N-dealkylation sites (N-methyl/N-ethyl adjacent to an activating group) is 1. The Morgan fingerprint density at radius 2 is 2.03 bits per heavy atom. The summed E-state index contributed by atoms with van der Waals surface area (Å²) in [5.74, 6) is 0. The number of nitrogens with zero attached hydrogens (tertiary/aromatic N) is 1. The predicted octanol–water partition coefficient (Wildman–Crippen LogP) is 4.42. The van der Waals surface area contributed by atoms with Gasteiger partial charge in [0.25, 0.3) is 0 Å². The molecule has 1 amide bonds. The van der Waals surface area contributed by atoms with Crippen LogP contribution in [0, 0.1) is 0 Å². The summed E-state index contributed by atoms with van der Waals surface area (Å²) in [5.41, 5.74) is 3.42. The van der Waals surface area contributed by atoms with Gasteiger partial charge in [-0.3, -0.25) is 0 Å². The molecule has 1 unspecified atom stereocenters. The van der Waals surface area contributed by atoms with Gasteiger partial charge in [0.05, 0.1) is 17.4 Å². The van der Waals surface area contributed by atoms with Gasteiger partial charge in [0, 0.05) is 24.3 Å². The van der Waals surface area contributed by atoms with Gasteiger partial charge in [-0.1, -0.05) is 30.3 Å². The lowest BCUT2D eigenvalue weighted by Crippen LogP contribution is -2.36. The van der Waals surface area contributed by atoms with Gasteiger partial charge in [0.2, 0.25) is 5.06 Å². The van der Waals surface area contributed by atoms with E-state index in [1.807, 2.05) is 67.2 Å². The maximum absolute atomic E-state index is 12.5. The van der Waals surface area contributed by atoms with Crippen LogP contribution in [0.15, 0.2) is 66.3 Å². The molecular formula is C21H21N5O2S. The summed E-state index contributed by atoms with van der Waals surface area (Å²) in [6.45, 7) is 0.594. The van der Waals surface area contributed by atoms with Crippen LogP contribution in [0.5, 0.6) is 5.06 Å². The Morgan fingerprint density at radius 3 is 2.86 bits per heavy atom. The molecule has 0 saturated carbocycles. The fourth-order valence-electron chi connectivity index (χ4n) is 3.08. The number of fused-ring (bicyclic) bond motifs is 1. The highest BCUT2D eigenvalue weighted by Crippen LogP contribution is 2.35. The molecule has 0 radical (unpaired) electrons. The van der Waals surface area contributed by atoms with Crippen molar-refractivity contribution in [2.45, 2.75) is 6.04 Å². The number of hydrogen-bond acceptors (Lipinski definition) is 6. The second-order valence-electron chi connectivity index (χ2n) is 6.40. The van der Waals surface area contributed by atoms with Gasteiger partial charge in [-0.05, 0) is 36.2 Å². The maximum atomic E-state index is 12.5. The number of nitrogens with one attached hydrogen (secondary N) is 4. The number of rotatable bonds is 7. The van der Waals surface area contributed by atoms with Crippen LogP contribution in [0.2, 0.25) is 0 Å². The molecule has 148 valence electrons. The smallest absolute Gasteiger partial charge is 0.397 e. The highest BCUT2D eigenvalue weighted by Gasteiger charge is 2.17. The van der Waals surface area contributed by atoms with Crippen molar-refractivity contribution in [1.29, 1.82) is 0 Å². The van der Waals surface area contributed by atoms with Gasteiger partial charge < -0.3 is 25.7 Å². The van der Waals surface area contributed by atoms with E-state index in [1.165, 1.54) is 11.3 Å². The number of H-pyrrole nitrogens is 1. The monoisotopic (exact) mass is 407 g/mol.